The lowest BCUT2D eigenvalue weighted by atomic mass is 9.71. The lowest BCUT2D eigenvalue weighted by molar-refractivity contribution is -0.202. The lowest BCUT2D eigenvalue weighted by Crippen LogP contribution is -2.46. The molecule has 8 heteroatoms. The van der Waals surface area contributed by atoms with Gasteiger partial charge in [0.15, 0.2) is 5.78 Å². The predicted octanol–water partition coefficient (Wildman–Crippen LogP) is 3.36. The number of esters is 1. The van der Waals surface area contributed by atoms with Crippen molar-refractivity contribution < 1.29 is 28.7 Å². The number of para-hydroxylation sites is 1. The van der Waals surface area contributed by atoms with E-state index in [1.54, 1.807) is 31.4 Å². The summed E-state index contributed by atoms with van der Waals surface area (Å²) >= 11 is 0. The zero-order valence-electron chi connectivity index (χ0n) is 21.4. The number of aryl methyl sites for hydroxylation is 1. The van der Waals surface area contributed by atoms with Crippen molar-refractivity contribution in [2.45, 2.75) is 18.3 Å². The molecule has 1 fully saturated rings. The van der Waals surface area contributed by atoms with Crippen LogP contribution in [0.2, 0.25) is 0 Å². The molecule has 0 radical (unpaired) electrons. The van der Waals surface area contributed by atoms with Gasteiger partial charge in [-0.1, -0.05) is 78.9 Å². The van der Waals surface area contributed by atoms with Crippen molar-refractivity contribution in [1.82, 2.24) is 10.4 Å². The fourth-order valence-corrected chi connectivity index (χ4v) is 4.63. The Morgan fingerprint density at radius 3 is 2.16 bits per heavy atom. The van der Waals surface area contributed by atoms with Crippen LogP contribution in [0.5, 0.6) is 5.75 Å². The summed E-state index contributed by atoms with van der Waals surface area (Å²) in [7, 11) is 1.60. The molecule has 3 aromatic rings. The number of benzene rings is 3. The highest BCUT2D eigenvalue weighted by Crippen LogP contribution is 2.35. The number of nitrogens with zero attached hydrogens (tertiary/aromatic N) is 1. The largest absolute Gasteiger partial charge is 0.496 e. The molecule has 38 heavy (non-hydrogen) atoms. The van der Waals surface area contributed by atoms with Gasteiger partial charge in [-0.3, -0.25) is 4.79 Å². The zero-order valence-corrected chi connectivity index (χ0v) is 21.4. The Morgan fingerprint density at radius 2 is 1.47 bits per heavy atom. The van der Waals surface area contributed by atoms with E-state index >= 15 is 0 Å². The molecule has 1 aliphatic heterocycles. The Hall–Kier alpha value is -4.01. The summed E-state index contributed by atoms with van der Waals surface area (Å²) in [6.07, 6.45) is 0.783. The first-order valence-electron chi connectivity index (χ1n) is 12.7. The van der Waals surface area contributed by atoms with E-state index in [2.05, 4.69) is 5.32 Å². The normalized spacial score (nSPS) is 15.2. The topological polar surface area (TPSA) is 94.2 Å². The second-order valence-corrected chi connectivity index (χ2v) is 9.09. The summed E-state index contributed by atoms with van der Waals surface area (Å²) in [4.78, 5) is 44.7. The van der Waals surface area contributed by atoms with E-state index in [9.17, 15) is 14.4 Å². The number of carbonyl (C=O) groups excluding carboxylic acids is 3. The maximum Gasteiger partial charge on any atom is 0.436 e. The summed E-state index contributed by atoms with van der Waals surface area (Å²) in [5.74, 6) is -1.74. The highest BCUT2D eigenvalue weighted by Gasteiger charge is 2.42. The highest BCUT2D eigenvalue weighted by atomic mass is 16.7. The van der Waals surface area contributed by atoms with Crippen molar-refractivity contribution >= 4 is 17.7 Å². The molecule has 1 aliphatic rings. The summed E-state index contributed by atoms with van der Waals surface area (Å²) in [6, 6.07) is 25.7. The van der Waals surface area contributed by atoms with Crippen LogP contribution < -0.4 is 10.1 Å². The molecule has 1 heterocycles. The summed E-state index contributed by atoms with van der Waals surface area (Å²) in [6.45, 7) is 1.91. The molecule has 3 aromatic carbocycles. The van der Waals surface area contributed by atoms with E-state index in [4.69, 9.17) is 14.3 Å². The van der Waals surface area contributed by atoms with Gasteiger partial charge in [-0.2, -0.15) is 0 Å². The third kappa shape index (κ3) is 6.45. The maximum absolute atomic E-state index is 14.2. The Labute approximate surface area is 222 Å². The Kier molecular flexibility index (Phi) is 9.24. The zero-order chi connectivity index (χ0) is 26.8. The minimum atomic E-state index is -1.26. The molecule has 8 nitrogen and oxygen atoms in total. The standard InChI is InChI=1S/C30H32N2O6/c1-36-26-15-9-8-10-23(26)16-17-30(25-13-6-3-7-14-25,27(33)24-11-4-2-5-12-24)22-37-28(34)29(35)38-32-20-18-31-19-21-32/h2-15,31H,16-22H2,1H3. The van der Waals surface area contributed by atoms with Gasteiger partial charge in [-0.15, -0.1) is 5.06 Å². The van der Waals surface area contributed by atoms with Crippen LogP contribution >= 0.6 is 0 Å². The van der Waals surface area contributed by atoms with Crippen LogP contribution in [-0.4, -0.2) is 62.7 Å². The number of hydrogen-bond donors (Lipinski definition) is 1. The molecule has 0 bridgehead atoms. The van der Waals surface area contributed by atoms with E-state index in [0.29, 0.717) is 55.9 Å². The molecule has 1 unspecified atom stereocenters. The molecule has 0 amide bonds. The van der Waals surface area contributed by atoms with E-state index in [1.807, 2.05) is 60.7 Å². The molecule has 0 spiro atoms. The molecule has 1 N–H and O–H groups in total. The van der Waals surface area contributed by atoms with Gasteiger partial charge in [-0.25, -0.2) is 9.59 Å². The van der Waals surface area contributed by atoms with Gasteiger partial charge in [0.1, 0.15) is 12.4 Å². The first-order chi connectivity index (χ1) is 18.5. The van der Waals surface area contributed by atoms with Crippen molar-refractivity contribution in [3.05, 3.63) is 102 Å². The highest BCUT2D eigenvalue weighted by molar-refractivity contribution is 6.29. The Morgan fingerprint density at radius 1 is 0.842 bits per heavy atom. The Bertz CT molecular complexity index is 1230. The van der Waals surface area contributed by atoms with Gasteiger partial charge in [0.2, 0.25) is 0 Å². The van der Waals surface area contributed by atoms with Crippen LogP contribution in [0, 0.1) is 0 Å². The van der Waals surface area contributed by atoms with Gasteiger partial charge >= 0.3 is 11.9 Å². The summed E-state index contributed by atoms with van der Waals surface area (Å²) in [5.41, 5.74) is 0.831. The van der Waals surface area contributed by atoms with Crippen molar-refractivity contribution in [3.8, 4) is 5.75 Å². The first kappa shape index (κ1) is 27.0. The molecule has 1 saturated heterocycles. The fourth-order valence-electron chi connectivity index (χ4n) is 4.63. The van der Waals surface area contributed by atoms with Gasteiger partial charge in [-0.05, 0) is 30.0 Å². The van der Waals surface area contributed by atoms with Crippen molar-refractivity contribution in [3.63, 3.8) is 0 Å². The van der Waals surface area contributed by atoms with Crippen molar-refractivity contribution in [2.24, 2.45) is 0 Å². The lowest BCUT2D eigenvalue weighted by Gasteiger charge is -2.33. The molecular formula is C30H32N2O6. The molecule has 0 aliphatic carbocycles. The molecule has 0 aromatic heterocycles. The van der Waals surface area contributed by atoms with Gasteiger partial charge in [0.25, 0.3) is 0 Å². The van der Waals surface area contributed by atoms with Crippen LogP contribution in [0.4, 0.5) is 0 Å². The number of hydroxylamine groups is 2. The van der Waals surface area contributed by atoms with Crippen LogP contribution in [0.1, 0.15) is 27.9 Å². The van der Waals surface area contributed by atoms with E-state index < -0.39 is 17.4 Å². The van der Waals surface area contributed by atoms with Gasteiger partial charge in [0.05, 0.1) is 12.5 Å². The average molecular weight is 517 g/mol. The summed E-state index contributed by atoms with van der Waals surface area (Å²) in [5, 5.41) is 4.58. The first-order valence-corrected chi connectivity index (χ1v) is 12.7. The second kappa shape index (κ2) is 13.0. The number of piperazine rings is 1. The summed E-state index contributed by atoms with van der Waals surface area (Å²) < 4.78 is 11.1. The monoisotopic (exact) mass is 516 g/mol. The number of rotatable bonds is 10. The maximum atomic E-state index is 14.2. The van der Waals surface area contributed by atoms with Crippen LogP contribution in [0.3, 0.4) is 0 Å². The number of carbonyl (C=O) groups is 3. The second-order valence-electron chi connectivity index (χ2n) is 9.09. The van der Waals surface area contributed by atoms with Crippen LogP contribution in [0.15, 0.2) is 84.9 Å². The van der Waals surface area contributed by atoms with Crippen LogP contribution in [-0.2, 0) is 31.0 Å². The minimum Gasteiger partial charge on any atom is -0.496 e. The molecule has 198 valence electrons. The smallest absolute Gasteiger partial charge is 0.436 e. The number of Topliss-reactive ketones (excluding diaryl/α,β-unsaturated/α-hetero) is 1. The molecular weight excluding hydrogens is 484 g/mol. The predicted molar refractivity (Wildman–Crippen MR) is 142 cm³/mol. The number of ketones is 1. The number of methoxy groups -OCH3 is 1. The SMILES string of the molecule is COc1ccccc1CCC(COC(=O)C(=O)ON1CCNCC1)(C(=O)c1ccccc1)c1ccccc1. The minimum absolute atomic E-state index is 0.206. The quantitative estimate of drug-likeness (QED) is 0.249. The number of nitrogens with one attached hydrogen (secondary N) is 1. The van der Waals surface area contributed by atoms with E-state index in [-0.39, 0.29) is 12.4 Å². The third-order valence-corrected chi connectivity index (χ3v) is 6.71. The third-order valence-electron chi connectivity index (χ3n) is 6.71. The molecule has 0 saturated carbocycles. The molecule has 4 rings (SSSR count). The number of ether oxygens (including phenoxy) is 2. The van der Waals surface area contributed by atoms with E-state index in [0.717, 1.165) is 5.56 Å². The van der Waals surface area contributed by atoms with Gasteiger partial charge in [0, 0.05) is 31.7 Å². The average Bonchev–Trinajstić information content (AvgIpc) is 2.98. The molecule has 1 atom stereocenters. The number of hydrogen-bond acceptors (Lipinski definition) is 8. The Balaban J connectivity index is 1.64. The fraction of sp³-hybridized carbons (Fsp3) is 0.300. The van der Waals surface area contributed by atoms with Crippen molar-refractivity contribution in [2.75, 3.05) is 39.9 Å². The van der Waals surface area contributed by atoms with Crippen molar-refractivity contribution in [1.29, 1.82) is 0 Å². The van der Waals surface area contributed by atoms with E-state index in [1.165, 1.54) is 5.06 Å². The van der Waals surface area contributed by atoms with Crippen LogP contribution in [0.25, 0.3) is 0 Å². The van der Waals surface area contributed by atoms with Gasteiger partial charge < -0.3 is 19.6 Å².